The van der Waals surface area contributed by atoms with Gasteiger partial charge in [-0.15, -0.1) is 0 Å². The maximum absolute atomic E-state index is 13.7. The number of nitrogens with zero attached hydrogens (tertiary/aromatic N) is 4. The van der Waals surface area contributed by atoms with Crippen LogP contribution in [0.4, 0.5) is 19.0 Å². The number of carbonyl (C=O) groups is 1. The van der Waals surface area contributed by atoms with Gasteiger partial charge in [-0.2, -0.15) is 13.2 Å². The van der Waals surface area contributed by atoms with Crippen molar-refractivity contribution in [2.45, 2.75) is 51.4 Å². The summed E-state index contributed by atoms with van der Waals surface area (Å²) in [6.45, 7) is 2.42. The van der Waals surface area contributed by atoms with Crippen LogP contribution in [0.3, 0.4) is 0 Å². The Kier molecular flexibility index (Phi) is 7.59. The van der Waals surface area contributed by atoms with E-state index in [0.717, 1.165) is 34.7 Å². The van der Waals surface area contributed by atoms with Crippen LogP contribution in [0.2, 0.25) is 5.02 Å². The number of hydrogen-bond acceptors (Lipinski definition) is 5. The maximum Gasteiger partial charge on any atom is 0.434 e. The zero-order chi connectivity index (χ0) is 28.6. The Morgan fingerprint density at radius 2 is 1.77 bits per heavy atom. The molecule has 0 saturated heterocycles. The highest BCUT2D eigenvalue weighted by Crippen LogP contribution is 2.32. The molecule has 0 spiro atoms. The van der Waals surface area contributed by atoms with Crippen LogP contribution >= 0.6 is 11.6 Å². The van der Waals surface area contributed by atoms with Crippen molar-refractivity contribution in [2.24, 2.45) is 5.92 Å². The Labute approximate surface area is 233 Å². The molecule has 1 fully saturated rings. The number of alkyl halides is 3. The van der Waals surface area contributed by atoms with Gasteiger partial charge >= 0.3 is 11.9 Å². The molecule has 40 heavy (non-hydrogen) atoms. The minimum Gasteiger partial charge on any atom is -0.373 e. The van der Waals surface area contributed by atoms with E-state index >= 15 is 0 Å². The molecule has 0 atom stereocenters. The van der Waals surface area contributed by atoms with E-state index < -0.39 is 23.3 Å². The minimum absolute atomic E-state index is 0.0459. The minimum atomic E-state index is -4.77. The number of aromatic nitrogens is 4. The summed E-state index contributed by atoms with van der Waals surface area (Å²) in [5, 5.41) is 5.70. The van der Waals surface area contributed by atoms with Crippen LogP contribution in [-0.4, -0.2) is 38.1 Å². The number of para-hydroxylation sites is 2. The molecular formula is C28H28ClF3N6O2. The number of rotatable bonds is 6. The van der Waals surface area contributed by atoms with Gasteiger partial charge in [0.25, 0.3) is 5.91 Å². The van der Waals surface area contributed by atoms with E-state index in [0.29, 0.717) is 37.9 Å². The Morgan fingerprint density at radius 1 is 1.07 bits per heavy atom. The first-order valence-corrected chi connectivity index (χ1v) is 13.3. The Morgan fingerprint density at radius 3 is 2.42 bits per heavy atom. The SMILES string of the molecule is CNc1ncc(-n2c(=O)n(CC3CCC(NC(=O)c4cc(Cl)cnc4C(F)(F)F)CC3)c3ccccc32)cc1C. The number of fused-ring (bicyclic) bond motifs is 1. The van der Waals surface area contributed by atoms with Crippen LogP contribution < -0.4 is 16.3 Å². The predicted octanol–water partition coefficient (Wildman–Crippen LogP) is 5.59. The summed E-state index contributed by atoms with van der Waals surface area (Å²) < 4.78 is 43.5. The van der Waals surface area contributed by atoms with Crippen molar-refractivity contribution in [3.63, 3.8) is 0 Å². The fourth-order valence-corrected chi connectivity index (χ4v) is 5.59. The molecule has 1 saturated carbocycles. The van der Waals surface area contributed by atoms with Crippen LogP contribution in [0.25, 0.3) is 16.7 Å². The van der Waals surface area contributed by atoms with Gasteiger partial charge < -0.3 is 10.6 Å². The molecule has 0 radical (unpaired) electrons. The number of amides is 1. The number of halogens is 4. The molecule has 0 unspecified atom stereocenters. The van der Waals surface area contributed by atoms with Crippen molar-refractivity contribution in [1.82, 2.24) is 24.4 Å². The summed E-state index contributed by atoms with van der Waals surface area (Å²) >= 11 is 5.82. The zero-order valence-electron chi connectivity index (χ0n) is 21.9. The molecule has 12 heteroatoms. The van der Waals surface area contributed by atoms with Gasteiger partial charge in [-0.05, 0) is 68.4 Å². The van der Waals surface area contributed by atoms with Crippen LogP contribution in [-0.2, 0) is 12.7 Å². The monoisotopic (exact) mass is 572 g/mol. The van der Waals surface area contributed by atoms with Gasteiger partial charge in [-0.1, -0.05) is 23.7 Å². The van der Waals surface area contributed by atoms with Crippen LogP contribution in [0.15, 0.2) is 53.6 Å². The van der Waals surface area contributed by atoms with Crippen molar-refractivity contribution in [2.75, 3.05) is 12.4 Å². The van der Waals surface area contributed by atoms with Crippen molar-refractivity contribution >= 4 is 34.4 Å². The molecule has 0 aliphatic heterocycles. The topological polar surface area (TPSA) is 93.8 Å². The average Bonchev–Trinajstić information content (AvgIpc) is 3.19. The van der Waals surface area contributed by atoms with Crippen LogP contribution in [0.5, 0.6) is 0 Å². The lowest BCUT2D eigenvalue weighted by atomic mass is 9.85. The van der Waals surface area contributed by atoms with Gasteiger partial charge in [0, 0.05) is 25.8 Å². The summed E-state index contributed by atoms with van der Waals surface area (Å²) in [7, 11) is 1.79. The lowest BCUT2D eigenvalue weighted by Crippen LogP contribution is -2.39. The number of benzene rings is 1. The van der Waals surface area contributed by atoms with E-state index in [1.54, 1.807) is 22.4 Å². The van der Waals surface area contributed by atoms with Crippen molar-refractivity contribution in [1.29, 1.82) is 0 Å². The zero-order valence-corrected chi connectivity index (χ0v) is 22.7. The number of hydrogen-bond donors (Lipinski definition) is 2. The number of aryl methyl sites for hydroxylation is 1. The van der Waals surface area contributed by atoms with Crippen LogP contribution in [0.1, 0.15) is 47.3 Å². The highest BCUT2D eigenvalue weighted by molar-refractivity contribution is 6.30. The third kappa shape index (κ3) is 5.42. The molecule has 1 amide bonds. The molecule has 0 bridgehead atoms. The van der Waals surface area contributed by atoms with Gasteiger partial charge in [0.15, 0.2) is 5.69 Å². The summed E-state index contributed by atoms with van der Waals surface area (Å²) in [5.74, 6) is 0.0547. The maximum atomic E-state index is 13.7. The molecule has 8 nitrogen and oxygen atoms in total. The van der Waals surface area contributed by atoms with Crippen LogP contribution in [0, 0.1) is 12.8 Å². The quantitative estimate of drug-likeness (QED) is 0.314. The third-order valence-electron chi connectivity index (χ3n) is 7.38. The molecule has 210 valence electrons. The first-order valence-electron chi connectivity index (χ1n) is 13.0. The number of anilines is 1. The molecule has 1 aliphatic rings. The molecule has 3 heterocycles. The van der Waals surface area contributed by atoms with Crippen molar-refractivity contribution in [3.05, 3.63) is 81.1 Å². The fourth-order valence-electron chi connectivity index (χ4n) is 5.43. The second kappa shape index (κ2) is 11.0. The highest BCUT2D eigenvalue weighted by atomic mass is 35.5. The average molecular weight is 573 g/mol. The van der Waals surface area contributed by atoms with E-state index in [1.807, 2.05) is 37.3 Å². The molecule has 3 aromatic heterocycles. The first-order chi connectivity index (χ1) is 19.1. The van der Waals surface area contributed by atoms with E-state index in [9.17, 15) is 22.8 Å². The normalized spacial score (nSPS) is 17.6. The number of carbonyl (C=O) groups excluding carboxylic acids is 1. The molecule has 1 aliphatic carbocycles. The summed E-state index contributed by atoms with van der Waals surface area (Å²) in [6.07, 6.45) is 0.333. The summed E-state index contributed by atoms with van der Waals surface area (Å²) in [5.41, 5.74) is 1.17. The summed E-state index contributed by atoms with van der Waals surface area (Å²) in [4.78, 5) is 34.2. The largest absolute Gasteiger partial charge is 0.434 e. The molecular weight excluding hydrogens is 545 g/mol. The van der Waals surface area contributed by atoms with Gasteiger partial charge in [0.05, 0.1) is 33.5 Å². The second-order valence-corrected chi connectivity index (χ2v) is 10.5. The Hall–Kier alpha value is -3.86. The van der Waals surface area contributed by atoms with Gasteiger partial charge in [-0.3, -0.25) is 13.9 Å². The van der Waals surface area contributed by atoms with Gasteiger partial charge in [-0.25, -0.2) is 14.8 Å². The molecule has 5 rings (SSSR count). The first kappa shape index (κ1) is 27.7. The summed E-state index contributed by atoms with van der Waals surface area (Å²) in [6, 6.07) is 10.2. The van der Waals surface area contributed by atoms with Crippen molar-refractivity contribution in [3.8, 4) is 5.69 Å². The molecule has 4 aromatic rings. The van der Waals surface area contributed by atoms with E-state index in [-0.39, 0.29) is 22.7 Å². The second-order valence-electron chi connectivity index (χ2n) is 10.1. The van der Waals surface area contributed by atoms with Crippen molar-refractivity contribution < 1.29 is 18.0 Å². The number of nitrogens with one attached hydrogen (secondary N) is 2. The smallest absolute Gasteiger partial charge is 0.373 e. The Balaban J connectivity index is 1.31. The fraction of sp³-hybridized carbons (Fsp3) is 0.357. The highest BCUT2D eigenvalue weighted by Gasteiger charge is 2.38. The van der Waals surface area contributed by atoms with Gasteiger partial charge in [0.1, 0.15) is 5.82 Å². The van der Waals surface area contributed by atoms with E-state index in [2.05, 4.69) is 20.6 Å². The number of imidazole rings is 1. The Bertz CT molecular complexity index is 1620. The number of pyridine rings is 2. The van der Waals surface area contributed by atoms with E-state index in [1.165, 1.54) is 0 Å². The lowest BCUT2D eigenvalue weighted by Gasteiger charge is -2.29. The lowest BCUT2D eigenvalue weighted by molar-refractivity contribution is -0.141. The predicted molar refractivity (Wildman–Crippen MR) is 147 cm³/mol. The standard InChI is InChI=1S/C28H28ClF3N6O2/c1-16-11-20(14-35-25(16)33-2)38-23-6-4-3-5-22(23)37(27(38)40)15-17-7-9-19(10-8-17)36-26(39)21-12-18(29)13-34-24(21)28(30,31)32/h3-6,11-14,17,19H,7-10,15H2,1-2H3,(H,33,35)(H,36,39). The molecule has 1 aromatic carbocycles. The van der Waals surface area contributed by atoms with E-state index in [4.69, 9.17) is 11.6 Å². The molecule has 2 N–H and O–H groups in total. The van der Waals surface area contributed by atoms with Gasteiger partial charge in [0.2, 0.25) is 0 Å². The third-order valence-corrected chi connectivity index (χ3v) is 7.59.